The molecule has 1 rings (SSSR count). The number of hydrogen-bond acceptors (Lipinski definition) is 8. The lowest BCUT2D eigenvalue weighted by Gasteiger charge is -2.40. The van der Waals surface area contributed by atoms with Crippen molar-refractivity contribution in [2.24, 2.45) is 0 Å². The number of aliphatic hydroxyl groups excluding tert-OH is 5. The first-order chi connectivity index (χ1) is 36.8. The molecule has 0 aromatic carbocycles. The molecule has 7 unspecified atom stereocenters. The molecule has 0 aliphatic carbocycles. The van der Waals surface area contributed by atoms with Crippen molar-refractivity contribution in [1.29, 1.82) is 0 Å². The SMILES string of the molecule is CC/C=C\C/C=C\C/C=C\C/C=C\CCCCCCCCCCCCCCCCCCCCC(=O)NC(COC1OC(CO)C(O)C(O)C1O)C(O)CCCCCCCCCCCCCCCCCCCCCCC. The van der Waals surface area contributed by atoms with Crippen molar-refractivity contribution in [1.82, 2.24) is 5.32 Å². The minimum absolute atomic E-state index is 0.135. The molecule has 1 aliphatic rings. The van der Waals surface area contributed by atoms with Crippen LogP contribution in [-0.4, -0.2) is 87.5 Å². The monoisotopic (exact) mass is 1060 g/mol. The topological polar surface area (TPSA) is 149 Å². The molecule has 75 heavy (non-hydrogen) atoms. The fourth-order valence-corrected chi connectivity index (χ4v) is 10.4. The Morgan fingerprint density at radius 1 is 0.467 bits per heavy atom. The fraction of sp³-hybridized carbons (Fsp3) is 0.864. The number of carbonyl (C=O) groups is 1. The maximum absolute atomic E-state index is 13.1. The second kappa shape index (κ2) is 55.5. The Balaban J connectivity index is 2.13. The summed E-state index contributed by atoms with van der Waals surface area (Å²) in [5.41, 5.74) is 0. The number of rotatable bonds is 56. The molecule has 7 atom stereocenters. The lowest BCUT2D eigenvalue weighted by Crippen LogP contribution is -2.60. The number of unbranched alkanes of at least 4 members (excludes halogenated alkanes) is 38. The molecule has 1 fully saturated rings. The average molecular weight is 1060 g/mol. The Kier molecular flexibility index (Phi) is 52.6. The van der Waals surface area contributed by atoms with Gasteiger partial charge in [0, 0.05) is 6.42 Å². The van der Waals surface area contributed by atoms with Crippen LogP contribution in [0.4, 0.5) is 0 Å². The predicted octanol–water partition coefficient (Wildman–Crippen LogP) is 16.9. The highest BCUT2D eigenvalue weighted by Crippen LogP contribution is 2.23. The van der Waals surface area contributed by atoms with Gasteiger partial charge < -0.3 is 40.3 Å². The van der Waals surface area contributed by atoms with Gasteiger partial charge in [-0.2, -0.15) is 0 Å². The van der Waals surface area contributed by atoms with E-state index in [1.807, 2.05) is 0 Å². The van der Waals surface area contributed by atoms with E-state index in [1.54, 1.807) is 0 Å². The van der Waals surface area contributed by atoms with Crippen LogP contribution in [-0.2, 0) is 14.3 Å². The van der Waals surface area contributed by atoms with E-state index >= 15 is 0 Å². The van der Waals surface area contributed by atoms with Crippen molar-refractivity contribution in [2.45, 2.75) is 352 Å². The van der Waals surface area contributed by atoms with Gasteiger partial charge in [-0.1, -0.05) is 300 Å². The molecule has 1 heterocycles. The Morgan fingerprint density at radius 3 is 1.23 bits per heavy atom. The van der Waals surface area contributed by atoms with Crippen molar-refractivity contribution < 1.29 is 39.8 Å². The summed E-state index contributed by atoms with van der Waals surface area (Å²) in [7, 11) is 0. The van der Waals surface area contributed by atoms with Crippen LogP contribution in [0.3, 0.4) is 0 Å². The van der Waals surface area contributed by atoms with Gasteiger partial charge in [0.25, 0.3) is 0 Å². The summed E-state index contributed by atoms with van der Waals surface area (Å²) in [5, 5.41) is 54.8. The number of ether oxygens (including phenoxy) is 2. The van der Waals surface area contributed by atoms with Gasteiger partial charge in [-0.3, -0.25) is 4.79 Å². The maximum atomic E-state index is 13.1. The van der Waals surface area contributed by atoms with Crippen molar-refractivity contribution >= 4 is 5.91 Å². The first-order valence-electron chi connectivity index (χ1n) is 32.3. The van der Waals surface area contributed by atoms with E-state index in [0.717, 1.165) is 64.2 Å². The maximum Gasteiger partial charge on any atom is 0.220 e. The molecule has 6 N–H and O–H groups in total. The van der Waals surface area contributed by atoms with Crippen molar-refractivity contribution in [2.75, 3.05) is 13.2 Å². The van der Waals surface area contributed by atoms with Crippen LogP contribution in [0, 0.1) is 0 Å². The zero-order valence-electron chi connectivity index (χ0n) is 49.1. The van der Waals surface area contributed by atoms with E-state index < -0.39 is 49.5 Å². The van der Waals surface area contributed by atoms with Crippen LogP contribution in [0.5, 0.6) is 0 Å². The van der Waals surface area contributed by atoms with E-state index in [9.17, 15) is 30.3 Å². The molecule has 0 aromatic heterocycles. The molecule has 1 aliphatic heterocycles. The minimum Gasteiger partial charge on any atom is -0.394 e. The zero-order valence-corrected chi connectivity index (χ0v) is 49.1. The average Bonchev–Trinajstić information content (AvgIpc) is 3.41. The van der Waals surface area contributed by atoms with Gasteiger partial charge in [0.15, 0.2) is 6.29 Å². The Labute approximate surface area is 463 Å². The normalized spacial score (nSPS) is 19.2. The lowest BCUT2D eigenvalue weighted by atomic mass is 9.99. The van der Waals surface area contributed by atoms with E-state index in [-0.39, 0.29) is 12.5 Å². The van der Waals surface area contributed by atoms with E-state index in [2.05, 4.69) is 67.8 Å². The number of allylic oxidation sites excluding steroid dienone is 8. The van der Waals surface area contributed by atoms with E-state index in [0.29, 0.717) is 12.8 Å². The lowest BCUT2D eigenvalue weighted by molar-refractivity contribution is -0.302. The number of amides is 1. The van der Waals surface area contributed by atoms with Crippen molar-refractivity contribution in [3.8, 4) is 0 Å². The smallest absolute Gasteiger partial charge is 0.220 e. The van der Waals surface area contributed by atoms with Gasteiger partial charge in [-0.05, 0) is 51.4 Å². The van der Waals surface area contributed by atoms with Crippen molar-refractivity contribution in [3.05, 3.63) is 48.6 Å². The third-order valence-corrected chi connectivity index (χ3v) is 15.4. The highest BCUT2D eigenvalue weighted by atomic mass is 16.7. The molecule has 0 saturated carbocycles. The summed E-state index contributed by atoms with van der Waals surface area (Å²) in [6, 6.07) is -0.719. The van der Waals surface area contributed by atoms with E-state index in [1.165, 1.54) is 218 Å². The third-order valence-electron chi connectivity index (χ3n) is 15.4. The molecule has 0 radical (unpaired) electrons. The van der Waals surface area contributed by atoms with Crippen LogP contribution in [0.1, 0.15) is 309 Å². The van der Waals surface area contributed by atoms with Gasteiger partial charge in [0.05, 0.1) is 25.4 Å². The molecule has 9 heteroatoms. The molecular weight excluding hydrogens is 935 g/mol. The molecule has 440 valence electrons. The number of aliphatic hydroxyl groups is 5. The minimum atomic E-state index is -1.55. The third kappa shape index (κ3) is 44.7. The predicted molar refractivity (Wildman–Crippen MR) is 318 cm³/mol. The Morgan fingerprint density at radius 2 is 0.827 bits per heavy atom. The van der Waals surface area contributed by atoms with Gasteiger partial charge in [0.1, 0.15) is 24.4 Å². The molecular formula is C66H123NO8. The summed E-state index contributed by atoms with van der Waals surface area (Å²) in [4.78, 5) is 13.1. The Hall–Kier alpha value is -1.85. The quantitative estimate of drug-likeness (QED) is 0.0261. The Bertz CT molecular complexity index is 1320. The first-order valence-corrected chi connectivity index (χ1v) is 32.3. The molecule has 1 saturated heterocycles. The molecule has 1 amide bonds. The second-order valence-corrected chi connectivity index (χ2v) is 22.5. The molecule has 0 aromatic rings. The summed E-state index contributed by atoms with van der Waals surface area (Å²) in [6.07, 6.45) is 67.3. The van der Waals surface area contributed by atoms with Crippen LogP contribution in [0.15, 0.2) is 48.6 Å². The molecule has 0 bridgehead atoms. The van der Waals surface area contributed by atoms with Gasteiger partial charge in [0.2, 0.25) is 5.91 Å². The fourth-order valence-electron chi connectivity index (χ4n) is 10.4. The van der Waals surface area contributed by atoms with Gasteiger partial charge in [-0.25, -0.2) is 0 Å². The van der Waals surface area contributed by atoms with Crippen LogP contribution < -0.4 is 5.32 Å². The zero-order chi connectivity index (χ0) is 54.3. The molecule has 0 spiro atoms. The van der Waals surface area contributed by atoms with Gasteiger partial charge in [-0.15, -0.1) is 0 Å². The summed E-state index contributed by atoms with van der Waals surface area (Å²) in [5.74, 6) is -0.139. The summed E-state index contributed by atoms with van der Waals surface area (Å²) in [6.45, 7) is 3.77. The molecule has 9 nitrogen and oxygen atoms in total. The first kappa shape index (κ1) is 71.2. The number of hydrogen-bond donors (Lipinski definition) is 6. The van der Waals surface area contributed by atoms with Crippen LogP contribution in [0.25, 0.3) is 0 Å². The van der Waals surface area contributed by atoms with Crippen LogP contribution in [0.2, 0.25) is 0 Å². The highest BCUT2D eigenvalue weighted by molar-refractivity contribution is 5.76. The number of carbonyl (C=O) groups excluding carboxylic acids is 1. The summed E-state index contributed by atoms with van der Waals surface area (Å²) < 4.78 is 11.4. The summed E-state index contributed by atoms with van der Waals surface area (Å²) >= 11 is 0. The van der Waals surface area contributed by atoms with Gasteiger partial charge >= 0.3 is 0 Å². The second-order valence-electron chi connectivity index (χ2n) is 22.5. The highest BCUT2D eigenvalue weighted by Gasteiger charge is 2.44. The number of nitrogens with one attached hydrogen (secondary N) is 1. The largest absolute Gasteiger partial charge is 0.394 e. The van der Waals surface area contributed by atoms with Crippen molar-refractivity contribution in [3.63, 3.8) is 0 Å². The van der Waals surface area contributed by atoms with Crippen LogP contribution >= 0.6 is 0 Å². The van der Waals surface area contributed by atoms with E-state index in [4.69, 9.17) is 9.47 Å². The standard InChI is InChI=1S/C66H123NO8/c1-3-5-7-9-11-13-15-17-19-21-23-25-26-27-28-29-30-31-32-33-34-36-38-40-42-44-46-48-50-52-54-56-62(70)67-59(58-74-66-65(73)64(72)63(71)61(57-68)75-66)60(69)55-53-51-49-47-45-43-41-39-37-35-24-22-20-18-16-14-12-10-8-6-4-2/h5,7,11,13,17,19,23,25,59-61,63-66,68-69,71-73H,3-4,6,8-10,12,14-16,18,20-22,24,26-58H2,1-2H3,(H,67,70)/b7-5-,13-11-,19-17-,25-23-.